The number of carbonyl (C=O) groups is 3. The highest BCUT2D eigenvalue weighted by atomic mass is 16.7. The van der Waals surface area contributed by atoms with Crippen molar-refractivity contribution in [3.05, 3.63) is 83.6 Å². The van der Waals surface area contributed by atoms with Gasteiger partial charge in [0.1, 0.15) is 28.1 Å². The van der Waals surface area contributed by atoms with Gasteiger partial charge in [0.05, 0.1) is 26.4 Å². The van der Waals surface area contributed by atoms with Gasteiger partial charge in [0.25, 0.3) is 0 Å². The van der Waals surface area contributed by atoms with Gasteiger partial charge in [-0.1, -0.05) is 36.4 Å². The summed E-state index contributed by atoms with van der Waals surface area (Å²) in [5, 5.41) is 10.2. The van der Waals surface area contributed by atoms with Crippen molar-refractivity contribution in [3.8, 4) is 11.5 Å². The maximum absolute atomic E-state index is 12.7. The van der Waals surface area contributed by atoms with E-state index in [1.165, 1.54) is 12.2 Å². The molecule has 2 aliphatic heterocycles. The molecule has 0 aliphatic carbocycles. The van der Waals surface area contributed by atoms with Crippen molar-refractivity contribution < 1.29 is 47.9 Å². The predicted molar refractivity (Wildman–Crippen MR) is 166 cm³/mol. The molecule has 2 aromatic carbocycles. The fraction of sp³-hybridized carbons (Fsp3) is 0.400. The first-order chi connectivity index (χ1) is 21.1. The zero-order valence-electron chi connectivity index (χ0n) is 26.5. The van der Waals surface area contributed by atoms with Gasteiger partial charge in [-0.2, -0.15) is 0 Å². The molecule has 10 nitrogen and oxygen atoms in total. The summed E-state index contributed by atoms with van der Waals surface area (Å²) in [6, 6.07) is 13.4. The molecule has 0 amide bonds. The van der Waals surface area contributed by atoms with Gasteiger partial charge in [0, 0.05) is 6.08 Å². The number of hydrogen-bond donors (Lipinski definition) is 1. The van der Waals surface area contributed by atoms with Crippen molar-refractivity contribution in [2.24, 2.45) is 10.8 Å². The van der Waals surface area contributed by atoms with Crippen molar-refractivity contribution in [1.29, 1.82) is 0 Å². The predicted octanol–water partition coefficient (Wildman–Crippen LogP) is 5.81. The second kappa shape index (κ2) is 13.5. The molecule has 0 unspecified atom stereocenters. The molecule has 10 heteroatoms. The van der Waals surface area contributed by atoms with Gasteiger partial charge in [0.15, 0.2) is 17.4 Å². The first-order valence-electron chi connectivity index (χ1n) is 14.6. The molecule has 45 heavy (non-hydrogen) atoms. The van der Waals surface area contributed by atoms with Crippen LogP contribution in [0.2, 0.25) is 0 Å². The summed E-state index contributed by atoms with van der Waals surface area (Å²) in [6.07, 6.45) is 7.00. The zero-order chi connectivity index (χ0) is 32.9. The molecule has 240 valence electrons. The summed E-state index contributed by atoms with van der Waals surface area (Å²) in [7, 11) is 0. The second-order valence-corrected chi connectivity index (χ2v) is 12.6. The lowest BCUT2D eigenvalue weighted by Gasteiger charge is -2.39. The Balaban J connectivity index is 1.25. The van der Waals surface area contributed by atoms with E-state index in [-0.39, 0.29) is 32.2 Å². The van der Waals surface area contributed by atoms with E-state index in [0.29, 0.717) is 17.1 Å². The summed E-state index contributed by atoms with van der Waals surface area (Å²) >= 11 is 0. The maximum Gasteiger partial charge on any atom is 0.321 e. The number of ether oxygens (including phenoxy) is 6. The molecule has 0 spiro atoms. The van der Waals surface area contributed by atoms with Crippen molar-refractivity contribution in [3.63, 3.8) is 0 Å². The third kappa shape index (κ3) is 9.45. The molecule has 2 aliphatic rings. The van der Waals surface area contributed by atoms with Crippen LogP contribution in [-0.4, -0.2) is 60.8 Å². The van der Waals surface area contributed by atoms with Crippen LogP contribution in [-0.2, 0) is 33.3 Å². The Morgan fingerprint density at radius 2 is 0.978 bits per heavy atom. The minimum atomic E-state index is -0.918. The molecule has 0 radical (unpaired) electrons. The number of aliphatic hydroxyl groups excluding tert-OH is 1. The first-order valence-corrected chi connectivity index (χ1v) is 14.6. The number of hydrogen-bond acceptors (Lipinski definition) is 10. The fourth-order valence-electron chi connectivity index (χ4n) is 4.09. The summed E-state index contributed by atoms with van der Waals surface area (Å²) in [5.74, 6) is -2.32. The van der Waals surface area contributed by atoms with Gasteiger partial charge in [-0.25, -0.2) is 0 Å². The molecule has 0 bridgehead atoms. The summed E-state index contributed by atoms with van der Waals surface area (Å²) in [4.78, 5) is 37.7. The lowest BCUT2D eigenvalue weighted by Crippen LogP contribution is -2.50. The highest BCUT2D eigenvalue weighted by Crippen LogP contribution is 2.32. The SMILES string of the molecule is CC1(C)OCC(C)(C(=O)Oc2ccc(/C=C/C(=O)/C=C(O)/C=C/c3ccc(OC(=O)C4(C)COC(C)(C)OC4)cc3)cc2)CO1. The monoisotopic (exact) mass is 620 g/mol. The summed E-state index contributed by atoms with van der Waals surface area (Å²) in [5.41, 5.74) is -0.414. The Bertz CT molecular complexity index is 1460. The molecule has 2 saturated heterocycles. The number of carbonyl (C=O) groups excluding carboxylic acids is 3. The van der Waals surface area contributed by atoms with E-state index >= 15 is 0 Å². The van der Waals surface area contributed by atoms with Gasteiger partial charge in [-0.05, 0) is 89.1 Å². The lowest BCUT2D eigenvalue weighted by atomic mass is 9.92. The van der Waals surface area contributed by atoms with Crippen molar-refractivity contribution in [2.45, 2.75) is 53.1 Å². The van der Waals surface area contributed by atoms with Crippen LogP contribution in [0.5, 0.6) is 11.5 Å². The lowest BCUT2D eigenvalue weighted by molar-refractivity contribution is -0.280. The van der Waals surface area contributed by atoms with Crippen LogP contribution >= 0.6 is 0 Å². The maximum atomic E-state index is 12.7. The number of aliphatic hydroxyl groups is 1. The van der Waals surface area contributed by atoms with Crippen LogP contribution in [0.3, 0.4) is 0 Å². The van der Waals surface area contributed by atoms with E-state index in [1.54, 1.807) is 102 Å². The molecule has 4 rings (SSSR count). The molecule has 2 aromatic rings. The van der Waals surface area contributed by atoms with Crippen LogP contribution in [0, 0.1) is 10.8 Å². The fourth-order valence-corrected chi connectivity index (χ4v) is 4.09. The Hall–Kier alpha value is -4.09. The third-order valence-corrected chi connectivity index (χ3v) is 7.30. The van der Waals surface area contributed by atoms with Crippen LogP contribution < -0.4 is 9.47 Å². The molecular formula is C35H40O10. The topological polar surface area (TPSA) is 127 Å². The molecule has 2 heterocycles. The largest absolute Gasteiger partial charge is 0.508 e. The summed E-state index contributed by atoms with van der Waals surface area (Å²) < 4.78 is 33.5. The minimum absolute atomic E-state index is 0.187. The molecule has 0 aromatic heterocycles. The van der Waals surface area contributed by atoms with Crippen molar-refractivity contribution in [1.82, 2.24) is 0 Å². The van der Waals surface area contributed by atoms with Gasteiger partial charge >= 0.3 is 11.9 Å². The van der Waals surface area contributed by atoms with E-state index in [9.17, 15) is 19.5 Å². The van der Waals surface area contributed by atoms with Crippen LogP contribution in [0.25, 0.3) is 12.2 Å². The van der Waals surface area contributed by atoms with Crippen LogP contribution in [0.1, 0.15) is 52.7 Å². The quantitative estimate of drug-likeness (QED) is 0.121. The third-order valence-electron chi connectivity index (χ3n) is 7.30. The Morgan fingerprint density at radius 1 is 0.622 bits per heavy atom. The highest BCUT2D eigenvalue weighted by molar-refractivity contribution is 6.02. The van der Waals surface area contributed by atoms with Gasteiger partial charge in [-0.3, -0.25) is 14.4 Å². The molecule has 0 atom stereocenters. The zero-order valence-corrected chi connectivity index (χ0v) is 26.5. The highest BCUT2D eigenvalue weighted by Gasteiger charge is 2.44. The second-order valence-electron chi connectivity index (χ2n) is 12.6. The van der Waals surface area contributed by atoms with Gasteiger partial charge in [-0.15, -0.1) is 0 Å². The minimum Gasteiger partial charge on any atom is -0.508 e. The average molecular weight is 621 g/mol. The van der Waals surface area contributed by atoms with Gasteiger partial charge in [0.2, 0.25) is 0 Å². The number of rotatable bonds is 9. The van der Waals surface area contributed by atoms with E-state index in [1.807, 2.05) is 0 Å². The Morgan fingerprint density at radius 3 is 1.36 bits per heavy atom. The number of benzene rings is 2. The molecule has 2 fully saturated rings. The van der Waals surface area contributed by atoms with Crippen LogP contribution in [0.15, 0.2) is 72.5 Å². The Labute approximate surface area is 263 Å². The van der Waals surface area contributed by atoms with E-state index in [0.717, 1.165) is 11.6 Å². The van der Waals surface area contributed by atoms with E-state index in [2.05, 4.69) is 0 Å². The summed E-state index contributed by atoms with van der Waals surface area (Å²) in [6.45, 7) is 11.4. The normalized spacial score (nSPS) is 20.5. The van der Waals surface area contributed by atoms with E-state index < -0.39 is 40.1 Å². The molecule has 0 saturated carbocycles. The number of ketones is 1. The van der Waals surface area contributed by atoms with Crippen molar-refractivity contribution >= 4 is 29.9 Å². The first kappa shape index (κ1) is 33.8. The smallest absolute Gasteiger partial charge is 0.321 e. The molecular weight excluding hydrogens is 580 g/mol. The average Bonchev–Trinajstić information content (AvgIpc) is 2.99. The van der Waals surface area contributed by atoms with E-state index in [4.69, 9.17) is 28.4 Å². The standard InChI is InChI=1S/C35H40O10/c1-32(2)40-20-34(5,21-41-32)30(38)44-28-15-9-24(10-16-28)7-13-26(36)19-27(37)14-8-25-11-17-29(18-12-25)45-31(39)35(6)22-42-33(3,4)43-23-35/h7-19,36H,20-23H2,1-6H3/b13-7+,14-8+,26-19-. The van der Waals surface area contributed by atoms with Crippen LogP contribution in [0.4, 0.5) is 0 Å². The number of esters is 2. The molecule has 1 N–H and O–H groups in total. The number of allylic oxidation sites excluding steroid dienone is 3. The Kier molecular flexibility index (Phi) is 10.1. The van der Waals surface area contributed by atoms with Crippen molar-refractivity contribution in [2.75, 3.05) is 26.4 Å². The van der Waals surface area contributed by atoms with Gasteiger partial charge < -0.3 is 33.5 Å².